The van der Waals surface area contributed by atoms with Crippen molar-refractivity contribution in [2.75, 3.05) is 119 Å². The number of nitrogens with zero attached hydrogens (tertiary/aromatic N) is 3. The minimum Gasteiger partial charge on any atom is -0.389 e. The maximum Gasteiger partial charge on any atom is 0.332 e. The van der Waals surface area contributed by atoms with Gasteiger partial charge in [0.25, 0.3) is 11.5 Å². The average molecular weight is 1650 g/mol. The van der Waals surface area contributed by atoms with E-state index in [0.717, 1.165) is 54.6 Å². The van der Waals surface area contributed by atoms with Crippen LogP contribution in [0.4, 0.5) is 18.8 Å². The number of methoxy groups -OCH3 is 3. The van der Waals surface area contributed by atoms with Gasteiger partial charge in [0.15, 0.2) is 18.6 Å². The van der Waals surface area contributed by atoms with Crippen molar-refractivity contribution in [3.63, 3.8) is 0 Å². The lowest BCUT2D eigenvalue weighted by Gasteiger charge is -2.33. The first-order chi connectivity index (χ1) is 50.5. The van der Waals surface area contributed by atoms with E-state index in [4.69, 9.17) is 49.5 Å². The highest BCUT2D eigenvalue weighted by atomic mass is 35.5. The smallest absolute Gasteiger partial charge is 0.332 e. The fraction of sp³-hybridized carbons (Fsp3) is 0.603. The molecular formula is C73H119ClFN10O19P5. The molecule has 9 aliphatic rings. The molecule has 10 heterocycles. The predicted octanol–water partition coefficient (Wildman–Crippen LogP) is 4.26. The Morgan fingerprint density at radius 3 is 1.22 bits per heavy atom. The van der Waals surface area contributed by atoms with Crippen molar-refractivity contribution in [2.45, 2.75) is 154 Å². The molecule has 20 atom stereocenters. The van der Waals surface area contributed by atoms with Crippen LogP contribution in [0.2, 0.25) is 0 Å². The van der Waals surface area contributed by atoms with Gasteiger partial charge in [0.05, 0.1) is 42.0 Å². The molecule has 5 fully saturated rings. The number of alkyl halides is 2. The molecule has 0 aromatic carbocycles. The Bertz CT molecular complexity index is 3910. The summed E-state index contributed by atoms with van der Waals surface area (Å²) in [6.07, 6.45) is 25.1. The summed E-state index contributed by atoms with van der Waals surface area (Å²) in [6.45, 7) is 30.5. The summed E-state index contributed by atoms with van der Waals surface area (Å²) in [6, 6.07) is 0.203. The number of aliphatic hydroxyl groups excluding tert-OH is 5. The fourth-order valence-corrected chi connectivity index (χ4v) is 18.0. The van der Waals surface area contributed by atoms with Gasteiger partial charge in [-0.1, -0.05) is 26.3 Å². The Labute approximate surface area is 646 Å². The number of carbonyl (C=O) groups excluding carboxylic acids is 4. The molecular weight excluding hydrogens is 1530 g/mol. The molecule has 29 nitrogen and oxygen atoms in total. The van der Waals surface area contributed by atoms with Crippen LogP contribution in [0.25, 0.3) is 0 Å². The lowest BCUT2D eigenvalue weighted by molar-refractivity contribution is -0.118. The summed E-state index contributed by atoms with van der Waals surface area (Å²) in [5.41, 5.74) is 2.11. The van der Waals surface area contributed by atoms with E-state index in [1.54, 1.807) is 31.5 Å². The van der Waals surface area contributed by atoms with E-state index in [9.17, 15) is 58.7 Å². The van der Waals surface area contributed by atoms with Crippen LogP contribution in [0.15, 0.2) is 119 Å². The lowest BCUT2D eigenvalue weighted by Crippen LogP contribution is -2.47. The second kappa shape index (κ2) is 39.3. The molecule has 0 bridgehead atoms. The first-order valence-electron chi connectivity index (χ1n) is 35.5. The third-order valence-electron chi connectivity index (χ3n) is 19.1. The van der Waals surface area contributed by atoms with Gasteiger partial charge < -0.3 is 106 Å². The van der Waals surface area contributed by atoms with E-state index >= 15 is 0 Å². The van der Waals surface area contributed by atoms with Gasteiger partial charge in [-0.15, -0.1) is 77.5 Å². The number of aromatic nitrogens is 2. The quantitative estimate of drug-likeness (QED) is 0.0538. The topological polar surface area (TPSA) is 375 Å². The number of hydrogen-bond acceptors (Lipinski definition) is 20. The first kappa shape index (κ1) is 92.7. The van der Waals surface area contributed by atoms with Crippen LogP contribution in [-0.2, 0) is 49.7 Å². The maximum absolute atomic E-state index is 14.3. The molecule has 9 aliphatic heterocycles. The number of hydrogen-bond donors (Lipinski definition) is 12. The second-order valence-corrected chi connectivity index (χ2v) is 53.8. The van der Waals surface area contributed by atoms with Crippen LogP contribution >= 0.6 is 46.0 Å². The molecule has 7 amide bonds. The first-order valence-corrected chi connectivity index (χ1v) is 51.3. The maximum atomic E-state index is 14.3. The van der Waals surface area contributed by atoms with E-state index in [0.29, 0.717) is 52.5 Å². The molecule has 614 valence electrons. The monoisotopic (exact) mass is 1650 g/mol. The van der Waals surface area contributed by atoms with Crippen LogP contribution in [0.1, 0.15) is 38.3 Å². The number of amides is 7. The highest BCUT2D eigenvalue weighted by Gasteiger charge is 2.51. The van der Waals surface area contributed by atoms with Gasteiger partial charge in [0.2, 0.25) is 0 Å². The average Bonchev–Trinajstić information content (AvgIpc) is 1.70. The highest BCUT2D eigenvalue weighted by molar-refractivity contribution is 7.73. The zero-order chi connectivity index (χ0) is 81.9. The van der Waals surface area contributed by atoms with Gasteiger partial charge in [-0.3, -0.25) is 18.7 Å². The van der Waals surface area contributed by atoms with E-state index in [1.165, 1.54) is 49.5 Å². The molecule has 1 aromatic heterocycles. The zero-order valence-electron chi connectivity index (χ0n) is 65.3. The SMILES string of the molecule is C=C1NC(=O)C=CN1[C@@H]1O[C@H](CCP(=C)(C)C)[C@@H](O)[C@H]1OC.C=C1NC(=O)NC=C1[C@@H]1O[C@H](CCP(=C)(C)C)[C@@H](O)[C@H]1Cl.C=C1NC(=O)NC=C1[C@@H]1O[C@H](CCP(=C)(C)C)[C@@H](O)[C@H]1F.C=C1NC(=O)NC=C1[C@@H]1O[C@H](CCP(=C)(C)C)[C@@H](O)[C@H]1OC.C=P(C)(C)CC[C@H]1O[C@@H](n2ccc(=O)n(C)c2=O)[C@H](OC)[C@@H]1O. The van der Waals surface area contributed by atoms with E-state index in [-0.39, 0.29) is 41.8 Å². The van der Waals surface area contributed by atoms with Crippen molar-refractivity contribution in [3.8, 4) is 0 Å². The van der Waals surface area contributed by atoms with Crippen LogP contribution in [0, 0.1) is 0 Å². The van der Waals surface area contributed by atoms with Crippen molar-refractivity contribution in [1.82, 2.24) is 51.3 Å². The largest absolute Gasteiger partial charge is 0.389 e. The molecule has 0 aliphatic carbocycles. The summed E-state index contributed by atoms with van der Waals surface area (Å²) in [5.74, 6) is 0.186. The number of ether oxygens (including phenoxy) is 8. The molecule has 1 aromatic rings. The number of rotatable bonds is 23. The Morgan fingerprint density at radius 2 is 0.826 bits per heavy atom. The van der Waals surface area contributed by atoms with E-state index in [1.807, 2.05) is 0 Å². The molecule has 5 saturated heterocycles. The Kier molecular flexibility index (Phi) is 33.4. The molecule has 10 rings (SSSR count). The Hall–Kier alpha value is -5.12. The Morgan fingerprint density at radius 1 is 0.486 bits per heavy atom. The van der Waals surface area contributed by atoms with Gasteiger partial charge in [-0.2, -0.15) is 0 Å². The summed E-state index contributed by atoms with van der Waals surface area (Å²) < 4.78 is 62.3. The summed E-state index contributed by atoms with van der Waals surface area (Å²) in [5, 5.41) is 68.9. The fourth-order valence-electron chi connectivity index (χ4n) is 12.9. The number of urea groups is 3. The molecule has 0 radical (unpaired) electrons. The van der Waals surface area contributed by atoms with E-state index in [2.05, 4.69) is 162 Å². The minimum atomic E-state index is -1.54. The number of nitrogens with one attached hydrogen (secondary N) is 7. The molecule has 36 heteroatoms. The van der Waals surface area contributed by atoms with Gasteiger partial charge in [0.1, 0.15) is 66.9 Å². The van der Waals surface area contributed by atoms with E-state index < -0.39 is 150 Å². The van der Waals surface area contributed by atoms with Gasteiger partial charge in [-0.25, -0.2) is 23.6 Å². The minimum absolute atomic E-state index is 0.228. The van der Waals surface area contributed by atoms with Crippen LogP contribution in [0.5, 0.6) is 0 Å². The van der Waals surface area contributed by atoms with Crippen molar-refractivity contribution in [1.29, 1.82) is 0 Å². The molecule has 109 heavy (non-hydrogen) atoms. The second-order valence-electron chi connectivity index (χ2n) is 31.7. The summed E-state index contributed by atoms with van der Waals surface area (Å²) in [4.78, 5) is 70.4. The summed E-state index contributed by atoms with van der Waals surface area (Å²) >= 11 is 6.30. The van der Waals surface area contributed by atoms with Gasteiger partial charge >= 0.3 is 23.8 Å². The standard InChI is InChI=1S/C15H25N2O5P.2C15H25N2O4P.C14H22ClN2O3P.C14H22FN2O3P/c1-16-11(18)6-8-17(15(16)20)14-13(21-2)12(19)10(22-14)7-9-23(3,4)5;1-10-16-12(18)6-8-17(10)15-14(20-2)13(19)11(21-15)7-9-22(3,4)5;1-9-10(8-16-15(19)17-9)13-14(20-2)12(18)11(21-13)6-7-22(3,4)5;2*1-8-9(7-16-14(19)17-8)13-11(15)12(18)10(20-13)5-6-21(2,3)4/h6,8,10,12-14,19H,3,7,9H2,1-2,4-5H3;6,8,11,13-15,19H,1,3,7,9H2,2,4-5H3,(H,16,18);8,11-14,18H,1,3,6-7H2,2,4-5H3,(H2,16,17,19);2*7,10-13,18H,1-2,5-6H2,3-4H3,(H2,16,17,19)/t10-,12-,13-,14-;11-,13-,14-,15-;11-,12-,13+,14-;2*10-,11-,12-,13+/m11111/s1. The zero-order valence-corrected chi connectivity index (χ0v) is 70.5. The van der Waals surface area contributed by atoms with Crippen molar-refractivity contribution < 1.29 is 87.0 Å². The normalized spacial score (nSPS) is 31.9. The molecule has 0 saturated carbocycles. The van der Waals surface area contributed by atoms with Crippen molar-refractivity contribution in [3.05, 3.63) is 130 Å². The third-order valence-corrected chi connectivity index (χ3v) is 26.9. The molecule has 0 spiro atoms. The molecule has 12 N–H and O–H groups in total. The van der Waals surface area contributed by atoms with Gasteiger partial charge in [0, 0.05) is 105 Å². The predicted molar refractivity (Wildman–Crippen MR) is 443 cm³/mol. The third kappa shape index (κ3) is 26.2. The Balaban J connectivity index is 0.000000213. The van der Waals surface area contributed by atoms with Gasteiger partial charge in [-0.05, 0) is 130 Å². The van der Waals surface area contributed by atoms with Crippen LogP contribution in [-0.4, -0.2) is 329 Å². The van der Waals surface area contributed by atoms with Crippen molar-refractivity contribution in [2.24, 2.45) is 7.05 Å². The summed E-state index contributed by atoms with van der Waals surface area (Å²) in [7, 11) is 5.96. The number of aliphatic hydroxyl groups is 5. The van der Waals surface area contributed by atoms with Crippen LogP contribution in [0.3, 0.4) is 0 Å². The number of carbonyl (C=O) groups is 4. The van der Waals surface area contributed by atoms with Crippen LogP contribution < -0.4 is 48.5 Å². The lowest BCUT2D eigenvalue weighted by atomic mass is 9.99. The highest BCUT2D eigenvalue weighted by Crippen LogP contribution is 2.45. The number of halogens is 2. The van der Waals surface area contributed by atoms with Crippen molar-refractivity contribution >= 4 is 102 Å². The molecule has 0 unspecified atom stereocenters.